The van der Waals surface area contributed by atoms with Gasteiger partial charge in [-0.05, 0) is 42.3 Å². The summed E-state index contributed by atoms with van der Waals surface area (Å²) in [6, 6.07) is 16.5. The van der Waals surface area contributed by atoms with Crippen LogP contribution in [-0.2, 0) is 9.59 Å². The minimum absolute atomic E-state index is 0.00932. The quantitative estimate of drug-likeness (QED) is 0.262. The Morgan fingerprint density at radius 3 is 2.19 bits per heavy atom. The minimum atomic E-state index is -0.627. The van der Waals surface area contributed by atoms with Crippen molar-refractivity contribution in [2.24, 2.45) is 0 Å². The third kappa shape index (κ3) is 4.29. The molecule has 0 unspecified atom stereocenters. The van der Waals surface area contributed by atoms with Crippen molar-refractivity contribution in [3.8, 4) is 5.69 Å². The summed E-state index contributed by atoms with van der Waals surface area (Å²) in [4.78, 5) is 42.7. The maximum atomic E-state index is 14.0. The van der Waals surface area contributed by atoms with E-state index in [2.05, 4.69) is 5.10 Å². The Labute approximate surface area is 227 Å². The summed E-state index contributed by atoms with van der Waals surface area (Å²) in [5.41, 5.74) is 0.892. The number of aromatic amines is 1. The van der Waals surface area contributed by atoms with Crippen molar-refractivity contribution < 1.29 is 14.2 Å². The molecule has 2 aromatic carbocycles. The molecule has 0 radical (unpaired) electrons. The molecule has 0 saturated heterocycles. The van der Waals surface area contributed by atoms with Gasteiger partial charge in [-0.1, -0.05) is 60.8 Å². The van der Waals surface area contributed by atoms with Crippen LogP contribution in [0.15, 0.2) is 77.9 Å². The molecule has 1 aliphatic rings. The third-order valence-electron chi connectivity index (χ3n) is 6.01. The number of hydrogen-bond acceptors (Lipinski definition) is 3. The van der Waals surface area contributed by atoms with Crippen molar-refractivity contribution in [2.75, 3.05) is 4.90 Å². The molecule has 3 heterocycles. The van der Waals surface area contributed by atoms with E-state index in [0.717, 1.165) is 4.90 Å². The SMILES string of the molecule is CC(C)c1[nH]n(-c2ccc(Cl)c(Cl)c2)c(=O)c1C1=C([n+]2ccccc2)C(=O)N(c2cccc(Cl)c2)C1=O. The van der Waals surface area contributed by atoms with Crippen LogP contribution in [0, 0.1) is 0 Å². The minimum Gasteiger partial charge on any atom is -0.294 e. The lowest BCUT2D eigenvalue weighted by Crippen LogP contribution is -2.39. The van der Waals surface area contributed by atoms with Gasteiger partial charge in [0.1, 0.15) is 5.57 Å². The lowest BCUT2D eigenvalue weighted by atomic mass is 9.98. The number of aromatic nitrogens is 3. The van der Waals surface area contributed by atoms with Gasteiger partial charge in [-0.25, -0.2) is 9.58 Å². The maximum Gasteiger partial charge on any atom is 0.331 e. The van der Waals surface area contributed by atoms with E-state index in [9.17, 15) is 14.4 Å². The average molecular weight is 555 g/mol. The zero-order valence-electron chi connectivity index (χ0n) is 19.7. The van der Waals surface area contributed by atoms with Crippen LogP contribution in [0.3, 0.4) is 0 Å². The van der Waals surface area contributed by atoms with Crippen LogP contribution < -0.4 is 15.0 Å². The molecule has 5 rings (SSSR count). The highest BCUT2D eigenvalue weighted by molar-refractivity contribution is 6.53. The van der Waals surface area contributed by atoms with Gasteiger partial charge in [-0.2, -0.15) is 4.57 Å². The number of H-pyrrole nitrogens is 1. The third-order valence-corrected chi connectivity index (χ3v) is 6.98. The molecule has 0 fully saturated rings. The lowest BCUT2D eigenvalue weighted by molar-refractivity contribution is -0.576. The molecule has 0 bridgehead atoms. The summed E-state index contributed by atoms with van der Waals surface area (Å²) in [6.45, 7) is 3.78. The van der Waals surface area contributed by atoms with Gasteiger partial charge in [0.2, 0.25) is 0 Å². The number of carbonyl (C=O) groups is 2. The number of benzene rings is 2. The number of hydrogen-bond donors (Lipinski definition) is 1. The monoisotopic (exact) mass is 553 g/mol. The van der Waals surface area contributed by atoms with Crippen molar-refractivity contribution in [1.29, 1.82) is 0 Å². The molecular weight excluding hydrogens is 535 g/mol. The normalized spacial score (nSPS) is 13.8. The Kier molecular flexibility index (Phi) is 6.54. The molecule has 186 valence electrons. The fraction of sp³-hybridized carbons (Fsp3) is 0.111. The Morgan fingerprint density at radius 1 is 0.811 bits per heavy atom. The number of nitrogens with one attached hydrogen (secondary N) is 1. The van der Waals surface area contributed by atoms with Crippen molar-refractivity contribution in [3.05, 3.63) is 110 Å². The number of halogens is 3. The second-order valence-corrected chi connectivity index (χ2v) is 9.98. The van der Waals surface area contributed by atoms with Crippen molar-refractivity contribution in [3.63, 3.8) is 0 Å². The molecule has 37 heavy (non-hydrogen) atoms. The first-order valence-electron chi connectivity index (χ1n) is 11.3. The predicted molar refractivity (Wildman–Crippen MR) is 144 cm³/mol. The smallest absolute Gasteiger partial charge is 0.294 e. The number of imide groups is 1. The number of rotatable bonds is 5. The van der Waals surface area contributed by atoms with E-state index in [1.807, 2.05) is 13.8 Å². The number of pyridine rings is 1. The fourth-order valence-corrected chi connectivity index (χ4v) is 4.78. The van der Waals surface area contributed by atoms with E-state index in [-0.39, 0.29) is 27.8 Å². The zero-order chi connectivity index (χ0) is 26.4. The van der Waals surface area contributed by atoms with E-state index in [0.29, 0.717) is 27.1 Å². The second-order valence-electron chi connectivity index (χ2n) is 8.73. The Bertz CT molecular complexity index is 1660. The molecule has 0 saturated carbocycles. The van der Waals surface area contributed by atoms with Gasteiger partial charge in [-0.15, -0.1) is 0 Å². The lowest BCUT2D eigenvalue weighted by Gasteiger charge is -2.14. The number of anilines is 1. The van der Waals surface area contributed by atoms with E-state index in [1.54, 1.807) is 71.6 Å². The highest BCUT2D eigenvalue weighted by atomic mass is 35.5. The molecule has 0 spiro atoms. The maximum absolute atomic E-state index is 14.0. The molecule has 4 aromatic rings. The molecule has 2 aromatic heterocycles. The zero-order valence-corrected chi connectivity index (χ0v) is 22.0. The summed E-state index contributed by atoms with van der Waals surface area (Å²) >= 11 is 18.4. The topological polar surface area (TPSA) is 79.1 Å². The molecule has 10 heteroatoms. The van der Waals surface area contributed by atoms with Crippen LogP contribution in [-0.4, -0.2) is 21.6 Å². The Morgan fingerprint density at radius 2 is 1.54 bits per heavy atom. The Hall–Kier alpha value is -3.65. The summed E-state index contributed by atoms with van der Waals surface area (Å²) in [7, 11) is 0. The van der Waals surface area contributed by atoms with Crippen LogP contribution in [0.2, 0.25) is 15.1 Å². The standard InChI is InChI=1S/C27H19Cl3N4O3/c1-15(2)23-21(26(36)34(31-23)18-9-10-19(29)20(30)14-18)22-24(32-11-4-3-5-12-32)27(37)33(25(22)35)17-8-6-7-16(28)13-17/h3-15H,1-2H3/p+1. The second kappa shape index (κ2) is 9.67. The molecule has 1 N–H and O–H groups in total. The van der Waals surface area contributed by atoms with Gasteiger partial charge in [-0.3, -0.25) is 19.5 Å². The highest BCUT2D eigenvalue weighted by Gasteiger charge is 2.48. The largest absolute Gasteiger partial charge is 0.331 e. The first-order chi connectivity index (χ1) is 17.7. The van der Waals surface area contributed by atoms with E-state index >= 15 is 0 Å². The van der Waals surface area contributed by atoms with Crippen LogP contribution in [0.25, 0.3) is 17.0 Å². The number of amides is 2. The fourth-order valence-electron chi connectivity index (χ4n) is 4.30. The molecule has 0 aliphatic carbocycles. The van der Waals surface area contributed by atoms with Crippen LogP contribution in [0.4, 0.5) is 5.69 Å². The summed E-state index contributed by atoms with van der Waals surface area (Å²) in [5.74, 6) is -1.39. The van der Waals surface area contributed by atoms with Crippen LogP contribution >= 0.6 is 34.8 Å². The van der Waals surface area contributed by atoms with Gasteiger partial charge >= 0.3 is 5.91 Å². The van der Waals surface area contributed by atoms with Crippen LogP contribution in [0.5, 0.6) is 0 Å². The van der Waals surface area contributed by atoms with Gasteiger partial charge in [0.25, 0.3) is 17.2 Å². The molecule has 2 amide bonds. The van der Waals surface area contributed by atoms with E-state index < -0.39 is 17.4 Å². The summed E-state index contributed by atoms with van der Waals surface area (Å²) in [5, 5.41) is 4.10. The first kappa shape index (κ1) is 25.0. The molecule has 7 nitrogen and oxygen atoms in total. The summed E-state index contributed by atoms with van der Waals surface area (Å²) < 4.78 is 2.84. The molecular formula is C27H20Cl3N4O3+. The summed E-state index contributed by atoms with van der Waals surface area (Å²) in [6.07, 6.45) is 3.31. The van der Waals surface area contributed by atoms with E-state index in [1.165, 1.54) is 10.7 Å². The van der Waals surface area contributed by atoms with Crippen molar-refractivity contribution >= 4 is 63.6 Å². The van der Waals surface area contributed by atoms with Gasteiger partial charge in [0, 0.05) is 22.8 Å². The van der Waals surface area contributed by atoms with Gasteiger partial charge in [0.05, 0.1) is 27.0 Å². The highest BCUT2D eigenvalue weighted by Crippen LogP contribution is 2.36. The first-order valence-corrected chi connectivity index (χ1v) is 12.5. The van der Waals surface area contributed by atoms with Gasteiger partial charge < -0.3 is 0 Å². The molecule has 0 atom stereocenters. The van der Waals surface area contributed by atoms with Gasteiger partial charge in [0.15, 0.2) is 12.4 Å². The van der Waals surface area contributed by atoms with E-state index in [4.69, 9.17) is 34.8 Å². The Balaban J connectivity index is 1.80. The number of nitrogens with zero attached hydrogens (tertiary/aromatic N) is 3. The average Bonchev–Trinajstić information content (AvgIpc) is 3.34. The molecule has 1 aliphatic heterocycles. The van der Waals surface area contributed by atoms with Crippen LogP contribution in [0.1, 0.15) is 31.0 Å². The number of carbonyl (C=O) groups excluding carboxylic acids is 2. The van der Waals surface area contributed by atoms with Crippen molar-refractivity contribution in [1.82, 2.24) is 9.78 Å². The predicted octanol–water partition coefficient (Wildman–Crippen LogP) is 5.48. The van der Waals surface area contributed by atoms with Crippen molar-refractivity contribution in [2.45, 2.75) is 19.8 Å².